The predicted molar refractivity (Wildman–Crippen MR) is 127 cm³/mol. The third-order valence-corrected chi connectivity index (χ3v) is 5.74. The number of hydroxylamine groups is 1. The Balaban J connectivity index is 1.27. The Hall–Kier alpha value is -3.12. The van der Waals surface area contributed by atoms with Gasteiger partial charge in [0.05, 0.1) is 0 Å². The van der Waals surface area contributed by atoms with Crippen LogP contribution in [0, 0.1) is 0 Å². The molecule has 0 aliphatic heterocycles. The van der Waals surface area contributed by atoms with Crippen LogP contribution in [-0.4, -0.2) is 28.6 Å². The minimum absolute atomic E-state index is 0.111. The van der Waals surface area contributed by atoms with Crippen molar-refractivity contribution in [3.63, 3.8) is 0 Å². The first-order valence-corrected chi connectivity index (χ1v) is 11.5. The van der Waals surface area contributed by atoms with E-state index in [1.165, 1.54) is 22.1 Å². The fourth-order valence-electron chi connectivity index (χ4n) is 3.84. The van der Waals surface area contributed by atoms with Crippen molar-refractivity contribution in [2.45, 2.75) is 57.8 Å². The lowest BCUT2D eigenvalue weighted by molar-refractivity contribution is -0.129. The fraction of sp³-hybridized carbons (Fsp3) is 0.385. The van der Waals surface area contributed by atoms with Crippen LogP contribution in [0.1, 0.15) is 56.9 Å². The van der Waals surface area contributed by atoms with Crippen LogP contribution in [0.2, 0.25) is 0 Å². The van der Waals surface area contributed by atoms with Gasteiger partial charge in [-0.05, 0) is 66.3 Å². The van der Waals surface area contributed by atoms with Crippen molar-refractivity contribution in [3.05, 3.63) is 60.3 Å². The molecule has 2 aromatic carbocycles. The smallest absolute Gasteiger partial charge is 0.243 e. The molecule has 0 atom stereocenters. The summed E-state index contributed by atoms with van der Waals surface area (Å²) in [4.78, 5) is 26.1. The Morgan fingerprint density at radius 3 is 2.31 bits per heavy atom. The van der Waals surface area contributed by atoms with E-state index in [2.05, 4.69) is 58.8 Å². The Bertz CT molecular complexity index is 995. The number of carbonyl (C=O) groups excluding carboxylic acids is 2. The van der Waals surface area contributed by atoms with Crippen LogP contribution >= 0.6 is 0 Å². The van der Waals surface area contributed by atoms with Gasteiger partial charge in [-0.15, -0.1) is 0 Å². The molecule has 32 heavy (non-hydrogen) atoms. The van der Waals surface area contributed by atoms with E-state index in [4.69, 9.17) is 5.21 Å². The summed E-state index contributed by atoms with van der Waals surface area (Å²) < 4.78 is 0. The van der Waals surface area contributed by atoms with Crippen molar-refractivity contribution in [2.75, 3.05) is 6.54 Å². The average molecular weight is 436 g/mol. The number of hydrogen-bond acceptors (Lipinski definition) is 3. The maximum Gasteiger partial charge on any atom is 0.243 e. The molecule has 0 fully saturated rings. The SMILES string of the molecule is O=C(CCCCCCNC(=O)CCCCc1ccc(-c2ccc3cc[nH]c3c2)cc1)NO. The molecule has 1 aromatic heterocycles. The van der Waals surface area contributed by atoms with Crippen molar-refractivity contribution < 1.29 is 14.8 Å². The third kappa shape index (κ3) is 7.54. The van der Waals surface area contributed by atoms with Crippen LogP contribution in [0.25, 0.3) is 22.0 Å². The molecule has 0 radical (unpaired) electrons. The van der Waals surface area contributed by atoms with Crippen molar-refractivity contribution in [3.8, 4) is 11.1 Å². The van der Waals surface area contributed by atoms with Crippen molar-refractivity contribution in [1.29, 1.82) is 0 Å². The van der Waals surface area contributed by atoms with Crippen LogP contribution < -0.4 is 10.8 Å². The Kier molecular flexibility index (Phi) is 9.32. The number of nitrogens with one attached hydrogen (secondary N) is 3. The number of aryl methyl sites for hydroxylation is 1. The number of benzene rings is 2. The van der Waals surface area contributed by atoms with Crippen molar-refractivity contribution in [2.24, 2.45) is 0 Å². The first kappa shape index (κ1) is 23.5. The normalized spacial score (nSPS) is 10.9. The lowest BCUT2D eigenvalue weighted by atomic mass is 10.0. The monoisotopic (exact) mass is 435 g/mol. The van der Waals surface area contributed by atoms with Crippen LogP contribution in [0.5, 0.6) is 0 Å². The average Bonchev–Trinajstić information content (AvgIpc) is 3.29. The van der Waals surface area contributed by atoms with E-state index in [1.54, 1.807) is 5.48 Å². The summed E-state index contributed by atoms with van der Waals surface area (Å²) >= 11 is 0. The number of fused-ring (bicyclic) bond motifs is 1. The molecule has 0 aliphatic carbocycles. The summed E-state index contributed by atoms with van der Waals surface area (Å²) in [6, 6.07) is 17.2. The summed E-state index contributed by atoms with van der Waals surface area (Å²) in [5.74, 6) is -0.233. The number of amides is 2. The molecule has 170 valence electrons. The maximum absolute atomic E-state index is 12.0. The minimum atomic E-state index is -0.344. The van der Waals surface area contributed by atoms with Gasteiger partial charge in [0, 0.05) is 31.1 Å². The van der Waals surface area contributed by atoms with E-state index in [-0.39, 0.29) is 11.8 Å². The maximum atomic E-state index is 12.0. The Morgan fingerprint density at radius 1 is 0.781 bits per heavy atom. The van der Waals surface area contributed by atoms with E-state index in [9.17, 15) is 9.59 Å². The highest BCUT2D eigenvalue weighted by molar-refractivity contribution is 5.84. The van der Waals surface area contributed by atoms with Gasteiger partial charge in [0.25, 0.3) is 0 Å². The van der Waals surface area contributed by atoms with Gasteiger partial charge in [-0.1, -0.05) is 49.2 Å². The summed E-state index contributed by atoms with van der Waals surface area (Å²) in [6.07, 6.45) is 9.27. The second kappa shape index (κ2) is 12.7. The molecule has 0 spiro atoms. The zero-order chi connectivity index (χ0) is 22.6. The van der Waals surface area contributed by atoms with Gasteiger partial charge < -0.3 is 10.3 Å². The van der Waals surface area contributed by atoms with Gasteiger partial charge in [0.1, 0.15) is 0 Å². The first-order valence-electron chi connectivity index (χ1n) is 11.5. The highest BCUT2D eigenvalue weighted by Gasteiger charge is 2.04. The summed E-state index contributed by atoms with van der Waals surface area (Å²) in [7, 11) is 0. The summed E-state index contributed by atoms with van der Waals surface area (Å²) in [5, 5.41) is 12.6. The molecule has 6 nitrogen and oxygen atoms in total. The molecule has 2 amide bonds. The van der Waals surface area contributed by atoms with Crippen molar-refractivity contribution >= 4 is 22.7 Å². The largest absolute Gasteiger partial charge is 0.361 e. The zero-order valence-electron chi connectivity index (χ0n) is 18.5. The summed E-state index contributed by atoms with van der Waals surface area (Å²) in [5.41, 5.74) is 6.50. The summed E-state index contributed by atoms with van der Waals surface area (Å²) in [6.45, 7) is 0.681. The number of hydrogen-bond donors (Lipinski definition) is 4. The van der Waals surface area contributed by atoms with Crippen LogP contribution in [0.4, 0.5) is 0 Å². The van der Waals surface area contributed by atoms with E-state index in [0.717, 1.165) is 50.5 Å². The number of aromatic amines is 1. The van der Waals surface area contributed by atoms with E-state index in [1.807, 2.05) is 6.20 Å². The molecule has 0 bridgehead atoms. The van der Waals surface area contributed by atoms with Gasteiger partial charge in [-0.3, -0.25) is 14.8 Å². The molecule has 6 heteroatoms. The number of carbonyl (C=O) groups is 2. The molecule has 1 heterocycles. The molecule has 4 N–H and O–H groups in total. The third-order valence-electron chi connectivity index (χ3n) is 5.74. The number of rotatable bonds is 13. The van der Waals surface area contributed by atoms with Crippen molar-refractivity contribution in [1.82, 2.24) is 15.8 Å². The molecular weight excluding hydrogens is 402 g/mol. The topological polar surface area (TPSA) is 94.2 Å². The molecule has 0 unspecified atom stereocenters. The Labute approximate surface area is 189 Å². The Morgan fingerprint density at radius 2 is 1.50 bits per heavy atom. The van der Waals surface area contributed by atoms with Crippen LogP contribution in [0.3, 0.4) is 0 Å². The number of H-pyrrole nitrogens is 1. The lowest BCUT2D eigenvalue weighted by Crippen LogP contribution is -2.24. The van der Waals surface area contributed by atoms with E-state index >= 15 is 0 Å². The highest BCUT2D eigenvalue weighted by atomic mass is 16.5. The molecular formula is C26H33N3O3. The van der Waals surface area contributed by atoms with Crippen LogP contribution in [-0.2, 0) is 16.0 Å². The molecule has 3 rings (SSSR count). The standard InChI is InChI=1S/C26H33N3O3/c30-25(28-17-6-2-1-3-9-26(31)29-32)8-5-4-7-20-10-12-21(13-11-20)23-15-14-22-16-18-27-24(22)19-23/h10-16,18-19,27,32H,1-9,17H2,(H,28,30)(H,29,31). The molecule has 0 saturated heterocycles. The van der Waals surface area contributed by atoms with Gasteiger partial charge >= 0.3 is 0 Å². The van der Waals surface area contributed by atoms with E-state index in [0.29, 0.717) is 19.4 Å². The van der Waals surface area contributed by atoms with Gasteiger partial charge in [-0.2, -0.15) is 0 Å². The molecule has 0 saturated carbocycles. The van der Waals surface area contributed by atoms with Gasteiger partial charge in [-0.25, -0.2) is 5.48 Å². The zero-order valence-corrected chi connectivity index (χ0v) is 18.5. The number of aromatic nitrogens is 1. The predicted octanol–water partition coefficient (Wildman–Crippen LogP) is 5.12. The second-order valence-corrected chi connectivity index (χ2v) is 8.23. The molecule has 3 aromatic rings. The number of unbranched alkanes of at least 4 members (excludes halogenated alkanes) is 4. The molecule has 0 aliphatic rings. The lowest BCUT2D eigenvalue weighted by Gasteiger charge is -2.07. The quantitative estimate of drug-likeness (QED) is 0.170. The van der Waals surface area contributed by atoms with Crippen LogP contribution in [0.15, 0.2) is 54.7 Å². The first-order chi connectivity index (χ1) is 15.7. The highest BCUT2D eigenvalue weighted by Crippen LogP contribution is 2.24. The second-order valence-electron chi connectivity index (χ2n) is 8.23. The van der Waals surface area contributed by atoms with E-state index < -0.39 is 0 Å². The fourth-order valence-corrected chi connectivity index (χ4v) is 3.84. The van der Waals surface area contributed by atoms with Gasteiger partial charge in [0.15, 0.2) is 0 Å². The van der Waals surface area contributed by atoms with Gasteiger partial charge in [0.2, 0.25) is 11.8 Å². The minimum Gasteiger partial charge on any atom is -0.361 e.